The predicted octanol–water partition coefficient (Wildman–Crippen LogP) is 4.41. The normalized spacial score (nSPS) is 12.9. The fraction of sp³-hybridized carbons (Fsp3) is 0.269. The maximum atomic E-state index is 13.4. The van der Waals surface area contributed by atoms with Gasteiger partial charge in [-0.2, -0.15) is 0 Å². The van der Waals surface area contributed by atoms with Gasteiger partial charge in [-0.15, -0.1) is 0 Å². The number of sulfonamides is 1. The fourth-order valence-corrected chi connectivity index (χ4v) is 5.97. The van der Waals surface area contributed by atoms with Gasteiger partial charge in [0.2, 0.25) is 5.91 Å². The summed E-state index contributed by atoms with van der Waals surface area (Å²) >= 11 is 6.08. The lowest BCUT2D eigenvalue weighted by Gasteiger charge is -2.26. The van der Waals surface area contributed by atoms with Gasteiger partial charge in [-0.05, 0) is 67.3 Å². The number of aryl methyl sites for hydroxylation is 1. The van der Waals surface area contributed by atoms with Crippen molar-refractivity contribution in [3.63, 3.8) is 0 Å². The molecule has 0 aromatic heterocycles. The van der Waals surface area contributed by atoms with Gasteiger partial charge in [-0.3, -0.25) is 9.10 Å². The number of nitrogens with zero attached hydrogens (tertiary/aromatic N) is 2. The Hall–Kier alpha value is -3.03. The zero-order valence-electron chi connectivity index (χ0n) is 19.1. The molecule has 0 saturated carbocycles. The van der Waals surface area contributed by atoms with Gasteiger partial charge in [-0.25, -0.2) is 8.42 Å². The van der Waals surface area contributed by atoms with Crippen LogP contribution in [0.2, 0.25) is 5.02 Å². The van der Waals surface area contributed by atoms with Gasteiger partial charge in [0.05, 0.1) is 10.6 Å². The van der Waals surface area contributed by atoms with Crippen molar-refractivity contribution in [2.45, 2.75) is 24.7 Å². The molecule has 0 saturated heterocycles. The van der Waals surface area contributed by atoms with Crippen molar-refractivity contribution in [2.24, 2.45) is 0 Å². The average Bonchev–Trinajstić information content (AvgIpc) is 3.24. The molecule has 178 valence electrons. The van der Waals surface area contributed by atoms with Crippen molar-refractivity contribution < 1.29 is 13.2 Å². The van der Waals surface area contributed by atoms with Gasteiger partial charge in [0, 0.05) is 30.3 Å². The standard InChI is InChI=1S/C26H28ClN3O3S/c1-20-18-22(27)12-13-24(20)30(34(32,33)23-9-3-2-4-10-23)19-26(31)28-15-7-16-29-17-14-21-8-5-6-11-25(21)29/h2-6,8-13,18H,7,14-17,19H2,1H3,(H,28,31). The lowest BCUT2D eigenvalue weighted by Crippen LogP contribution is -2.41. The molecule has 0 atom stereocenters. The Bertz CT molecular complexity index is 1270. The van der Waals surface area contributed by atoms with E-state index in [0.717, 1.165) is 30.2 Å². The van der Waals surface area contributed by atoms with Crippen molar-refractivity contribution in [3.8, 4) is 0 Å². The van der Waals surface area contributed by atoms with Crippen molar-refractivity contribution in [1.29, 1.82) is 0 Å². The van der Waals surface area contributed by atoms with Crippen LogP contribution in [-0.2, 0) is 21.2 Å². The highest BCUT2D eigenvalue weighted by molar-refractivity contribution is 7.92. The number of carbonyl (C=O) groups is 1. The number of carbonyl (C=O) groups excluding carboxylic acids is 1. The van der Waals surface area contributed by atoms with Crippen LogP contribution in [0.1, 0.15) is 17.5 Å². The second kappa shape index (κ2) is 10.5. The second-order valence-corrected chi connectivity index (χ2v) is 10.6. The minimum atomic E-state index is -3.94. The summed E-state index contributed by atoms with van der Waals surface area (Å²) in [5.74, 6) is -0.351. The van der Waals surface area contributed by atoms with Crippen molar-refractivity contribution >= 4 is 38.9 Å². The topological polar surface area (TPSA) is 69.7 Å². The molecule has 1 amide bonds. The third kappa shape index (κ3) is 5.37. The molecule has 0 unspecified atom stereocenters. The summed E-state index contributed by atoms with van der Waals surface area (Å²) < 4.78 is 28.0. The molecule has 4 rings (SSSR count). The van der Waals surface area contributed by atoms with Crippen molar-refractivity contribution in [1.82, 2.24) is 5.32 Å². The van der Waals surface area contributed by atoms with Crippen LogP contribution in [0.15, 0.2) is 77.7 Å². The first kappa shape index (κ1) is 24.1. The van der Waals surface area contributed by atoms with Crippen LogP contribution in [0.25, 0.3) is 0 Å². The monoisotopic (exact) mass is 497 g/mol. The van der Waals surface area contributed by atoms with Crippen LogP contribution < -0.4 is 14.5 Å². The number of hydrogen-bond acceptors (Lipinski definition) is 4. The fourth-order valence-electron chi connectivity index (χ4n) is 4.24. The number of benzene rings is 3. The highest BCUT2D eigenvalue weighted by Crippen LogP contribution is 2.29. The highest BCUT2D eigenvalue weighted by Gasteiger charge is 2.28. The first-order valence-corrected chi connectivity index (χ1v) is 13.1. The maximum absolute atomic E-state index is 13.4. The molecule has 1 N–H and O–H groups in total. The molecule has 6 nitrogen and oxygen atoms in total. The van der Waals surface area contributed by atoms with E-state index < -0.39 is 10.0 Å². The van der Waals surface area contributed by atoms with E-state index in [4.69, 9.17) is 11.6 Å². The van der Waals surface area contributed by atoms with E-state index in [1.54, 1.807) is 43.3 Å². The van der Waals surface area contributed by atoms with Crippen LogP contribution in [0.4, 0.5) is 11.4 Å². The molecule has 1 aliphatic rings. The quantitative estimate of drug-likeness (QED) is 0.444. The molecule has 8 heteroatoms. The molecular formula is C26H28ClN3O3S. The Labute approximate surface area is 206 Å². The number of nitrogens with one attached hydrogen (secondary N) is 1. The first-order chi connectivity index (χ1) is 16.4. The Morgan fingerprint density at radius 1 is 1.06 bits per heavy atom. The van der Waals surface area contributed by atoms with Gasteiger partial charge in [0.15, 0.2) is 0 Å². The molecule has 1 heterocycles. The van der Waals surface area contributed by atoms with Gasteiger partial charge >= 0.3 is 0 Å². The molecule has 3 aromatic rings. The maximum Gasteiger partial charge on any atom is 0.264 e. The van der Waals surface area contributed by atoms with E-state index >= 15 is 0 Å². The average molecular weight is 498 g/mol. The third-order valence-corrected chi connectivity index (χ3v) is 7.97. The van der Waals surface area contributed by atoms with Gasteiger partial charge in [0.1, 0.15) is 6.54 Å². The minimum Gasteiger partial charge on any atom is -0.371 e. The summed E-state index contributed by atoms with van der Waals surface area (Å²) in [6, 6.07) is 21.5. The molecule has 0 spiro atoms. The van der Waals surface area contributed by atoms with Gasteiger partial charge in [-0.1, -0.05) is 48.0 Å². The smallest absolute Gasteiger partial charge is 0.264 e. The molecule has 0 aliphatic carbocycles. The van der Waals surface area contributed by atoms with E-state index in [1.165, 1.54) is 23.4 Å². The van der Waals surface area contributed by atoms with Crippen molar-refractivity contribution in [3.05, 3.63) is 88.9 Å². The van der Waals surface area contributed by atoms with Crippen molar-refractivity contribution in [2.75, 3.05) is 35.4 Å². The Balaban J connectivity index is 1.42. The highest BCUT2D eigenvalue weighted by atomic mass is 35.5. The van der Waals surface area contributed by atoms with E-state index in [0.29, 0.717) is 22.8 Å². The number of halogens is 1. The SMILES string of the molecule is Cc1cc(Cl)ccc1N(CC(=O)NCCCN1CCc2ccccc21)S(=O)(=O)c1ccccc1. The molecule has 0 bridgehead atoms. The Morgan fingerprint density at radius 2 is 1.79 bits per heavy atom. The van der Waals surface area contributed by atoms with E-state index in [2.05, 4.69) is 28.4 Å². The van der Waals surface area contributed by atoms with Crippen LogP contribution in [0.3, 0.4) is 0 Å². The Morgan fingerprint density at radius 3 is 2.56 bits per heavy atom. The summed E-state index contributed by atoms with van der Waals surface area (Å²) in [6.45, 7) is 3.74. The number of rotatable bonds is 9. The van der Waals surface area contributed by atoms with Crippen LogP contribution in [-0.4, -0.2) is 40.5 Å². The second-order valence-electron chi connectivity index (χ2n) is 8.32. The minimum absolute atomic E-state index is 0.129. The zero-order valence-corrected chi connectivity index (χ0v) is 20.6. The Kier molecular flexibility index (Phi) is 7.44. The number of anilines is 2. The summed E-state index contributed by atoms with van der Waals surface area (Å²) in [5, 5.41) is 3.39. The molecular weight excluding hydrogens is 470 g/mol. The molecule has 0 fully saturated rings. The first-order valence-electron chi connectivity index (χ1n) is 11.3. The van der Waals surface area contributed by atoms with E-state index in [1.807, 2.05) is 6.07 Å². The zero-order chi connectivity index (χ0) is 24.1. The predicted molar refractivity (Wildman–Crippen MR) is 137 cm³/mol. The summed E-state index contributed by atoms with van der Waals surface area (Å²) in [6.07, 6.45) is 1.81. The third-order valence-electron chi connectivity index (χ3n) is 5.96. The largest absolute Gasteiger partial charge is 0.371 e. The number of amides is 1. The van der Waals surface area contributed by atoms with Gasteiger partial charge in [0.25, 0.3) is 10.0 Å². The number of hydrogen-bond donors (Lipinski definition) is 1. The van der Waals surface area contributed by atoms with Gasteiger partial charge < -0.3 is 10.2 Å². The summed E-state index contributed by atoms with van der Waals surface area (Å²) in [4.78, 5) is 15.3. The van der Waals surface area contributed by atoms with E-state index in [9.17, 15) is 13.2 Å². The molecule has 3 aromatic carbocycles. The molecule has 1 aliphatic heterocycles. The van der Waals surface area contributed by atoms with Crippen LogP contribution in [0.5, 0.6) is 0 Å². The number of para-hydroxylation sites is 1. The summed E-state index contributed by atoms with van der Waals surface area (Å²) in [5.41, 5.74) is 3.71. The molecule has 34 heavy (non-hydrogen) atoms. The van der Waals surface area contributed by atoms with E-state index in [-0.39, 0.29) is 17.3 Å². The lowest BCUT2D eigenvalue weighted by molar-refractivity contribution is -0.119. The van der Waals surface area contributed by atoms with Crippen LogP contribution in [0, 0.1) is 6.92 Å². The van der Waals surface area contributed by atoms with Crippen LogP contribution >= 0.6 is 11.6 Å². The summed E-state index contributed by atoms with van der Waals surface area (Å²) in [7, 11) is -3.94. The molecule has 0 radical (unpaired) electrons. The number of fused-ring (bicyclic) bond motifs is 1. The lowest BCUT2D eigenvalue weighted by atomic mass is 10.2.